The second kappa shape index (κ2) is 7.35. The fraction of sp³-hybridized carbons (Fsp3) is 0.600. The van der Waals surface area contributed by atoms with Crippen molar-refractivity contribution in [2.75, 3.05) is 13.1 Å². The Labute approximate surface area is 125 Å². The average Bonchev–Trinajstić information content (AvgIpc) is 2.31. The first kappa shape index (κ1) is 17.7. The Bertz CT molecular complexity index is 330. The molecule has 0 spiro atoms. The van der Waals surface area contributed by atoms with Crippen molar-refractivity contribution in [2.24, 2.45) is 0 Å². The van der Waals surface area contributed by atoms with Gasteiger partial charge in [-0.3, -0.25) is 0 Å². The summed E-state index contributed by atoms with van der Waals surface area (Å²) in [5.41, 5.74) is 1.68. The fourth-order valence-electron chi connectivity index (χ4n) is 2.50. The zero-order valence-corrected chi connectivity index (χ0v) is 15.2. The van der Waals surface area contributed by atoms with Gasteiger partial charge in [-0.15, -0.1) is 5.56 Å². The smallest absolute Gasteiger partial charge is 0.394 e. The van der Waals surface area contributed by atoms with Crippen LogP contribution in [-0.4, -0.2) is 29.0 Å². The zero-order valence-electron chi connectivity index (χ0n) is 12.2. The van der Waals surface area contributed by atoms with Crippen LogP contribution in [0.25, 0.3) is 0 Å². The van der Waals surface area contributed by atoms with Gasteiger partial charge >= 0.3 is 19.5 Å². The van der Waals surface area contributed by atoms with Crippen LogP contribution in [0.1, 0.15) is 39.2 Å². The molecule has 2 rings (SSSR count). The van der Waals surface area contributed by atoms with E-state index in [1.807, 2.05) is 12.3 Å². The number of likely N-dealkylation sites (tertiary alicyclic amines) is 1. The predicted molar refractivity (Wildman–Crippen MR) is 72.8 cm³/mol. The van der Waals surface area contributed by atoms with Crippen LogP contribution < -0.4 is 0 Å². The monoisotopic (exact) mass is 296 g/mol. The van der Waals surface area contributed by atoms with Crippen LogP contribution in [0.3, 0.4) is 0 Å². The molecule has 1 aliphatic heterocycles. The molecule has 0 saturated carbocycles. The molecule has 0 unspecified atom stereocenters. The minimum Gasteiger partial charge on any atom is -0.394 e. The first-order chi connectivity index (χ1) is 7.62. The summed E-state index contributed by atoms with van der Waals surface area (Å²) < 4.78 is 0. The van der Waals surface area contributed by atoms with Crippen LogP contribution >= 0.6 is 0 Å². The molecule has 3 heteroatoms. The summed E-state index contributed by atoms with van der Waals surface area (Å²) in [4.78, 5) is 6.68. The first-order valence-corrected chi connectivity index (χ1v) is 6.18. The summed E-state index contributed by atoms with van der Waals surface area (Å²) in [6.07, 6.45) is 7.30. The van der Waals surface area contributed by atoms with E-state index in [0.29, 0.717) is 11.5 Å². The molecule has 0 atom stereocenters. The summed E-state index contributed by atoms with van der Waals surface area (Å²) in [5, 5.41) is 0. The molecular formula is C15H24N2Zn. The zero-order chi connectivity index (χ0) is 11.6. The van der Waals surface area contributed by atoms with E-state index in [2.05, 4.69) is 42.9 Å². The maximum absolute atomic E-state index is 4.12. The topological polar surface area (TPSA) is 16.1 Å². The van der Waals surface area contributed by atoms with Crippen LogP contribution in [-0.2, 0) is 24.9 Å². The van der Waals surface area contributed by atoms with Crippen LogP contribution in [0, 0.1) is 13.6 Å². The molecular weight excluding hydrogens is 274 g/mol. The van der Waals surface area contributed by atoms with E-state index in [0.717, 1.165) is 0 Å². The molecule has 0 aromatic carbocycles. The van der Waals surface area contributed by atoms with Crippen molar-refractivity contribution in [2.45, 2.75) is 45.1 Å². The summed E-state index contributed by atoms with van der Waals surface area (Å²) in [6.45, 7) is 9.32. The molecule has 0 bridgehead atoms. The second-order valence-corrected chi connectivity index (χ2v) is 5.37. The van der Waals surface area contributed by atoms with E-state index in [-0.39, 0.29) is 26.9 Å². The molecule has 1 aromatic rings. The molecule has 1 aliphatic rings. The van der Waals surface area contributed by atoms with Gasteiger partial charge in [-0.2, -0.15) is 12.1 Å². The quantitative estimate of drug-likeness (QED) is 0.616. The Morgan fingerprint density at radius 1 is 1.33 bits per heavy atom. The molecule has 0 radical (unpaired) electrons. The molecule has 2 nitrogen and oxygen atoms in total. The van der Waals surface area contributed by atoms with Crippen LogP contribution in [0.2, 0.25) is 0 Å². The summed E-state index contributed by atoms with van der Waals surface area (Å²) >= 11 is 0. The molecule has 0 N–H and O–H groups in total. The fourth-order valence-corrected chi connectivity index (χ4v) is 2.50. The second-order valence-electron chi connectivity index (χ2n) is 5.37. The van der Waals surface area contributed by atoms with E-state index in [4.69, 9.17) is 0 Å². The molecule has 0 aliphatic carbocycles. The van der Waals surface area contributed by atoms with E-state index < -0.39 is 0 Å². The number of hydrogen-bond acceptors (Lipinski definition) is 2. The molecule has 1 fully saturated rings. The van der Waals surface area contributed by atoms with Gasteiger partial charge in [0.25, 0.3) is 0 Å². The number of rotatable bonds is 2. The maximum atomic E-state index is 4.12. The van der Waals surface area contributed by atoms with Crippen molar-refractivity contribution in [3.63, 3.8) is 0 Å². The molecule has 2 heterocycles. The SMILES string of the molecule is CC(C)N1CCC(C)(c2cc[c-]nc2)CC1.[CH3-].[Zn+2]. The van der Waals surface area contributed by atoms with Crippen LogP contribution in [0.15, 0.2) is 18.3 Å². The van der Waals surface area contributed by atoms with Crippen molar-refractivity contribution < 1.29 is 19.5 Å². The molecule has 96 valence electrons. The first-order valence-electron chi connectivity index (χ1n) is 6.18. The number of nitrogens with zero attached hydrogens (tertiary/aromatic N) is 2. The maximum Gasteiger partial charge on any atom is 2.00 e. The Hall–Kier alpha value is -0.267. The number of piperidine rings is 1. The molecule has 1 saturated heterocycles. The van der Waals surface area contributed by atoms with Crippen molar-refractivity contribution in [1.29, 1.82) is 0 Å². The Balaban J connectivity index is 0.00000144. The Morgan fingerprint density at radius 3 is 2.39 bits per heavy atom. The van der Waals surface area contributed by atoms with Crippen molar-refractivity contribution in [3.8, 4) is 0 Å². The predicted octanol–water partition coefficient (Wildman–Crippen LogP) is 3.09. The van der Waals surface area contributed by atoms with E-state index in [9.17, 15) is 0 Å². The molecule has 18 heavy (non-hydrogen) atoms. The molecule has 0 amide bonds. The van der Waals surface area contributed by atoms with Gasteiger partial charge in [-0.05, 0) is 45.2 Å². The minimum atomic E-state index is 0. The van der Waals surface area contributed by atoms with Gasteiger partial charge in [0.1, 0.15) is 0 Å². The third-order valence-corrected chi connectivity index (χ3v) is 3.94. The number of hydrogen-bond donors (Lipinski definition) is 0. The van der Waals surface area contributed by atoms with Crippen molar-refractivity contribution >= 4 is 0 Å². The summed E-state index contributed by atoms with van der Waals surface area (Å²) in [5.74, 6) is 0. The normalized spacial score (nSPS) is 18.9. The van der Waals surface area contributed by atoms with E-state index >= 15 is 0 Å². The number of aromatic nitrogens is 1. The summed E-state index contributed by atoms with van der Waals surface area (Å²) in [6, 6.07) is 4.76. The largest absolute Gasteiger partial charge is 2.00 e. The van der Waals surface area contributed by atoms with Crippen LogP contribution in [0.4, 0.5) is 0 Å². The van der Waals surface area contributed by atoms with E-state index in [1.165, 1.54) is 31.5 Å². The van der Waals surface area contributed by atoms with Gasteiger partial charge in [0.15, 0.2) is 0 Å². The Kier molecular flexibility index (Phi) is 7.24. The van der Waals surface area contributed by atoms with Gasteiger partial charge in [0.05, 0.1) is 0 Å². The standard InChI is InChI=1S/C14H21N2.CH3.Zn/c1-12(2)16-9-6-14(3,7-10-16)13-5-4-8-15-11-13;;/h4-5,11-12H,6-7,9-10H2,1-3H3;1H3;/q2*-1;+2. The van der Waals surface area contributed by atoms with Gasteiger partial charge in [-0.25, -0.2) is 0 Å². The van der Waals surface area contributed by atoms with Gasteiger partial charge in [0, 0.05) is 6.04 Å². The average molecular weight is 298 g/mol. The third kappa shape index (κ3) is 3.86. The van der Waals surface area contributed by atoms with Gasteiger partial charge < -0.3 is 17.3 Å². The van der Waals surface area contributed by atoms with Crippen LogP contribution in [0.5, 0.6) is 0 Å². The van der Waals surface area contributed by atoms with E-state index in [1.54, 1.807) is 0 Å². The Morgan fingerprint density at radius 2 is 1.94 bits per heavy atom. The third-order valence-electron chi connectivity index (χ3n) is 3.94. The van der Waals surface area contributed by atoms with Gasteiger partial charge in [-0.1, -0.05) is 19.3 Å². The van der Waals surface area contributed by atoms with Crippen molar-refractivity contribution in [1.82, 2.24) is 9.88 Å². The number of pyridine rings is 1. The minimum absolute atomic E-state index is 0. The van der Waals surface area contributed by atoms with Crippen molar-refractivity contribution in [3.05, 3.63) is 37.5 Å². The summed E-state index contributed by atoms with van der Waals surface area (Å²) in [7, 11) is 0. The molecule has 1 aromatic heterocycles. The van der Waals surface area contributed by atoms with Gasteiger partial charge in [0.2, 0.25) is 0 Å².